The highest BCUT2D eigenvalue weighted by Gasteiger charge is 2.33. The van der Waals surface area contributed by atoms with E-state index in [-0.39, 0.29) is 24.6 Å². The Morgan fingerprint density at radius 3 is 1.41 bits per heavy atom. The van der Waals surface area contributed by atoms with Crippen molar-refractivity contribution in [2.45, 2.75) is 47.0 Å². The van der Waals surface area contributed by atoms with Crippen LogP contribution in [0.25, 0.3) is 31.8 Å². The number of hydrogen-bond donors (Lipinski definition) is 3. The van der Waals surface area contributed by atoms with E-state index in [1.807, 2.05) is 162 Å². The van der Waals surface area contributed by atoms with Crippen molar-refractivity contribution >= 4 is 147 Å². The highest BCUT2D eigenvalue weighted by molar-refractivity contribution is 7.11. The molecule has 16 rings (SSSR count). The number of benzene rings is 4. The van der Waals surface area contributed by atoms with Gasteiger partial charge in [-0.1, -0.05) is 79.7 Å². The normalized spacial score (nSPS) is 11.7. The summed E-state index contributed by atoms with van der Waals surface area (Å²) in [6, 6.07) is 66.5. The molecule has 1 fully saturated rings. The van der Waals surface area contributed by atoms with Gasteiger partial charge in [0.05, 0.1) is 104 Å². The lowest BCUT2D eigenvalue weighted by atomic mass is 9.97. The standard InChI is InChI=1S/C25H24N4O4.C23H18N4O2S.C22H17N5O2S.C21H14N4O3S/c1-3-33-25(32)28-14-12-27(13-15-28)24(31)23(30)21-17-20(29-11-5-4-6-22(21)29)16-18-7-9-19(26-2)10-8-18;1-14-12-21(30-26-14)25-23(29)22(28)18-13-20(27-11-5-4-6-19(18)27)15(2)16-7-9-17(24-3)10-8-16;1-14-11-19(30-25-14)24-22(29)21(28)17-12-20(27-10-4-3-5-18(17)27)26(2)16-8-6-15(13-23)7-9-16;1-13-10-18(29-24-13)23-21(27)20(26)16-11-19(25-9-3-2-4-17(16)25)28-15-7-5-14(12-22)6-8-15/h4-11,17H,3,12-16H2,1H3;4-13,15H,1-2H3,(H,25,29);3-12H,1-2H3,(H,24,29);2-11H,1H3,(H,23,27). The number of aromatic nitrogens is 7. The zero-order valence-electron chi connectivity index (χ0n) is 66.3. The zero-order chi connectivity index (χ0) is 86.3. The first-order chi connectivity index (χ1) is 59.0. The molecule has 1 saturated heterocycles. The number of aryl methyl sites for hydroxylation is 3. The van der Waals surface area contributed by atoms with Gasteiger partial charge in [0, 0.05) is 93.5 Å². The number of carbonyl (C=O) groups excluding carboxylic acids is 9. The summed E-state index contributed by atoms with van der Waals surface area (Å²) in [7, 11) is 1.87. The third kappa shape index (κ3) is 19.2. The Morgan fingerprint density at radius 1 is 0.500 bits per heavy atom. The number of amides is 5. The Morgan fingerprint density at radius 2 is 0.926 bits per heavy atom. The largest absolute Gasteiger partial charge is 0.450 e. The number of nitrogens with zero attached hydrogens (tertiary/aromatic N) is 14. The van der Waals surface area contributed by atoms with Crippen molar-refractivity contribution in [2.75, 3.05) is 60.7 Å². The van der Waals surface area contributed by atoms with Crippen LogP contribution in [0.3, 0.4) is 0 Å². The number of rotatable bonds is 20. The Kier molecular flexibility index (Phi) is 26.3. The van der Waals surface area contributed by atoms with E-state index in [9.17, 15) is 43.2 Å². The van der Waals surface area contributed by atoms with Crippen molar-refractivity contribution in [1.29, 1.82) is 10.5 Å². The van der Waals surface area contributed by atoms with Crippen LogP contribution in [0.4, 0.5) is 42.7 Å². The van der Waals surface area contributed by atoms with E-state index in [0.29, 0.717) is 114 Å². The first kappa shape index (κ1) is 84.1. The Bertz CT molecular complexity index is 6490. The fourth-order valence-corrected chi connectivity index (χ4v) is 15.4. The number of Topliss-reactive ketones (excluding diaryl/α,β-unsaturated/α-hetero) is 4. The quantitative estimate of drug-likeness (QED) is 0.0362. The molecule has 0 aliphatic carbocycles. The molecule has 0 bridgehead atoms. The van der Waals surface area contributed by atoms with E-state index in [1.165, 1.54) is 11.0 Å². The Balaban J connectivity index is 0.000000140. The number of ketones is 4. The maximum absolute atomic E-state index is 13.2. The van der Waals surface area contributed by atoms with E-state index >= 15 is 0 Å². The van der Waals surface area contributed by atoms with E-state index in [2.05, 4.69) is 44.8 Å². The van der Waals surface area contributed by atoms with Gasteiger partial charge in [-0.25, -0.2) is 14.5 Å². The molecule has 12 heterocycles. The summed E-state index contributed by atoms with van der Waals surface area (Å²) < 4.78 is 30.6. The molecule has 15 aromatic rings. The fourth-order valence-electron chi connectivity index (χ4n) is 13.4. The summed E-state index contributed by atoms with van der Waals surface area (Å²) in [5.41, 5.74) is 13.0. The van der Waals surface area contributed by atoms with Gasteiger partial charge in [0.25, 0.3) is 46.8 Å². The summed E-state index contributed by atoms with van der Waals surface area (Å²) in [5, 5.41) is 27.3. The highest BCUT2D eigenvalue weighted by atomic mass is 32.1. The second-order valence-corrected chi connectivity index (χ2v) is 30.1. The van der Waals surface area contributed by atoms with Gasteiger partial charge in [-0.2, -0.15) is 23.6 Å². The van der Waals surface area contributed by atoms with Gasteiger partial charge in [-0.05, 0) is 207 Å². The number of carbonyl (C=O) groups is 9. The van der Waals surface area contributed by atoms with Gasteiger partial charge in [-0.3, -0.25) is 42.8 Å². The van der Waals surface area contributed by atoms with Crippen LogP contribution in [0.5, 0.6) is 11.6 Å². The number of anilines is 5. The molecule has 5 amide bonds. The van der Waals surface area contributed by atoms with Crippen molar-refractivity contribution in [3.05, 3.63) is 333 Å². The second-order valence-electron chi connectivity index (χ2n) is 27.7. The molecular weight excluding hydrogens is 1600 g/mol. The predicted octanol–water partition coefficient (Wildman–Crippen LogP) is 17.1. The van der Waals surface area contributed by atoms with Gasteiger partial charge >= 0.3 is 6.09 Å². The molecular formula is C91H73N17O11S3. The van der Waals surface area contributed by atoms with Crippen LogP contribution < -0.4 is 25.6 Å². The van der Waals surface area contributed by atoms with Crippen molar-refractivity contribution in [3.63, 3.8) is 0 Å². The molecule has 122 heavy (non-hydrogen) atoms. The fraction of sp³-hybridized carbons (Fsp3) is 0.143. The molecule has 31 heteroatoms. The molecule has 0 saturated carbocycles. The summed E-state index contributed by atoms with van der Waals surface area (Å²) in [5.74, 6) is -3.56. The maximum Gasteiger partial charge on any atom is 0.409 e. The first-order valence-corrected chi connectivity index (χ1v) is 40.2. The lowest BCUT2D eigenvalue weighted by Gasteiger charge is -2.33. The Labute approximate surface area is 711 Å². The van der Waals surface area contributed by atoms with Crippen molar-refractivity contribution in [3.8, 4) is 23.8 Å². The summed E-state index contributed by atoms with van der Waals surface area (Å²) in [6.45, 7) is 25.0. The third-order valence-electron chi connectivity index (χ3n) is 19.6. The number of nitriles is 2. The van der Waals surface area contributed by atoms with Gasteiger partial charge in [0.2, 0.25) is 5.88 Å². The van der Waals surface area contributed by atoms with Crippen molar-refractivity contribution in [2.24, 2.45) is 0 Å². The number of ether oxygens (including phenoxy) is 2. The monoisotopic (exact) mass is 1680 g/mol. The minimum absolute atomic E-state index is 0.0339. The van der Waals surface area contributed by atoms with Crippen molar-refractivity contribution in [1.82, 2.24) is 40.5 Å². The van der Waals surface area contributed by atoms with Crippen LogP contribution >= 0.6 is 34.6 Å². The number of nitrogens with one attached hydrogen (secondary N) is 3. The van der Waals surface area contributed by atoms with E-state index in [4.69, 9.17) is 33.1 Å². The minimum Gasteiger partial charge on any atom is -0.450 e. The van der Waals surface area contributed by atoms with Crippen LogP contribution in [-0.4, -0.2) is 133 Å². The number of hydrogen-bond acceptors (Lipinski definition) is 20. The lowest BCUT2D eigenvalue weighted by molar-refractivity contribution is -0.128. The third-order valence-corrected chi connectivity index (χ3v) is 22.0. The molecule has 4 aromatic carbocycles. The van der Waals surface area contributed by atoms with Gasteiger partial charge < -0.3 is 53.3 Å². The summed E-state index contributed by atoms with van der Waals surface area (Å²) in [6.07, 6.45) is 7.50. The molecule has 1 aliphatic heterocycles. The molecule has 1 unspecified atom stereocenters. The van der Waals surface area contributed by atoms with E-state index < -0.39 is 52.9 Å². The van der Waals surface area contributed by atoms with Gasteiger partial charge in [-0.15, -0.1) is 0 Å². The van der Waals surface area contributed by atoms with Crippen LogP contribution in [0.1, 0.15) is 112 Å². The maximum atomic E-state index is 13.2. The summed E-state index contributed by atoms with van der Waals surface area (Å²) >= 11 is 3.40. The van der Waals surface area contributed by atoms with Gasteiger partial charge in [0.1, 0.15) is 26.6 Å². The predicted molar refractivity (Wildman–Crippen MR) is 465 cm³/mol. The number of piperazine rings is 1. The molecule has 1 atom stereocenters. The minimum atomic E-state index is -0.741. The number of fused-ring (bicyclic) bond motifs is 4. The lowest BCUT2D eigenvalue weighted by Crippen LogP contribution is -2.52. The SMILES string of the molecule is Cc1cc(NC(=O)C(=O)c2cc(N(C)c3ccc(C#N)cc3)n3ccccc23)sn1.Cc1cc(NC(=O)C(=O)c2cc(Oc3ccc(C#N)cc3)n3ccccc23)sn1.[C-]#[N+]c1ccc(C(C)c2cc(C(=O)C(=O)Nc3cc(C)ns3)c3ccccn23)cc1.[C-]#[N+]c1ccc(Cc2cc(C(=O)C(=O)N3CCN(C(=O)OCC)CC3)c3ccccn23)cc1. The van der Waals surface area contributed by atoms with Crippen molar-refractivity contribution < 1.29 is 52.6 Å². The molecule has 11 aromatic heterocycles. The van der Waals surface area contributed by atoms with Crippen LogP contribution in [0.2, 0.25) is 0 Å². The van der Waals surface area contributed by atoms with E-state index in [0.717, 1.165) is 85.7 Å². The van der Waals surface area contributed by atoms with Gasteiger partial charge in [0.15, 0.2) is 11.4 Å². The van der Waals surface area contributed by atoms with Crippen LogP contribution in [0.15, 0.2) is 237 Å². The molecule has 606 valence electrons. The Hall–Kier alpha value is -15.8. The van der Waals surface area contributed by atoms with Crippen LogP contribution in [-0.2, 0) is 30.3 Å². The molecule has 0 spiro atoms. The molecule has 3 N–H and O–H groups in total. The second kappa shape index (κ2) is 38.1. The molecule has 28 nitrogen and oxygen atoms in total. The molecule has 1 aliphatic rings. The van der Waals surface area contributed by atoms with Crippen LogP contribution in [0, 0.1) is 56.6 Å². The average molecular weight is 1680 g/mol. The topological polar surface area (TPSA) is 331 Å². The smallest absolute Gasteiger partial charge is 0.409 e. The first-order valence-electron chi connectivity index (χ1n) is 37.9. The highest BCUT2D eigenvalue weighted by Crippen LogP contribution is 2.35. The molecule has 0 radical (unpaired) electrons. The average Bonchev–Trinajstić information content (AvgIpc) is 1.63. The zero-order valence-corrected chi connectivity index (χ0v) is 68.8. The summed E-state index contributed by atoms with van der Waals surface area (Å²) in [4.78, 5) is 126. The van der Waals surface area contributed by atoms with E-state index in [1.54, 1.807) is 144 Å². The number of pyridine rings is 4.